The lowest BCUT2D eigenvalue weighted by Crippen LogP contribution is -2.80. The lowest BCUT2D eigenvalue weighted by atomic mass is 10.1. The summed E-state index contributed by atoms with van der Waals surface area (Å²) >= 11 is 0. The quantitative estimate of drug-likeness (QED) is 0.404. The van der Waals surface area contributed by atoms with Crippen molar-refractivity contribution in [2.75, 3.05) is 51.6 Å². The molecule has 0 aromatic carbocycles. The van der Waals surface area contributed by atoms with E-state index in [1.807, 2.05) is 0 Å². The van der Waals surface area contributed by atoms with Crippen LogP contribution in [0.15, 0.2) is 29.6 Å². The maximum absolute atomic E-state index is 12.6. The van der Waals surface area contributed by atoms with Crippen LogP contribution in [0.2, 0.25) is 0 Å². The first-order valence-electron chi connectivity index (χ1n) is 8.53. The number of aromatic nitrogens is 3. The highest BCUT2D eigenvalue weighted by Gasteiger charge is 2.24. The molecule has 0 spiro atoms. The second kappa shape index (κ2) is 9.04. The van der Waals surface area contributed by atoms with Crippen LogP contribution in [0.1, 0.15) is 0 Å². The van der Waals surface area contributed by atoms with Gasteiger partial charge in [0.05, 0.1) is 7.05 Å². The van der Waals surface area contributed by atoms with Gasteiger partial charge < -0.3 is 25.8 Å². The van der Waals surface area contributed by atoms with E-state index >= 15 is 0 Å². The average Bonchev–Trinajstić information content (AvgIpc) is 3.08. The number of fused-ring (bicyclic) bond motifs is 1. The molecule has 11 heteroatoms. The van der Waals surface area contributed by atoms with Crippen molar-refractivity contribution in [1.82, 2.24) is 19.5 Å². The number of amides is 2. The van der Waals surface area contributed by atoms with Crippen molar-refractivity contribution in [3.63, 3.8) is 0 Å². The number of hydrogen-bond donors (Lipinski definition) is 3. The van der Waals surface area contributed by atoms with Gasteiger partial charge in [0.15, 0.2) is 5.65 Å². The molecule has 2 aromatic rings. The molecule has 0 aliphatic rings. The summed E-state index contributed by atoms with van der Waals surface area (Å²) in [5, 5.41) is 15.9. The van der Waals surface area contributed by atoms with Gasteiger partial charge in [0.1, 0.15) is 12.2 Å². The Bertz CT molecular complexity index is 921. The fourth-order valence-electron chi connectivity index (χ4n) is 2.44. The Morgan fingerprint density at radius 3 is 2.68 bits per heavy atom. The number of nitrogens with two attached hydrogens (primary N) is 1. The highest BCUT2D eigenvalue weighted by Crippen LogP contribution is 2.15. The van der Waals surface area contributed by atoms with Gasteiger partial charge in [-0.05, 0) is 6.07 Å². The van der Waals surface area contributed by atoms with Crippen LogP contribution in [0.4, 0.5) is 16.0 Å². The molecule has 0 bridgehead atoms. The van der Waals surface area contributed by atoms with Crippen LogP contribution >= 0.6 is 0 Å². The number of anilines is 2. The third kappa shape index (κ3) is 4.49. The molecule has 2 rings (SSSR count). The van der Waals surface area contributed by atoms with Crippen LogP contribution in [0.5, 0.6) is 0 Å². The van der Waals surface area contributed by atoms with Crippen molar-refractivity contribution in [2.24, 2.45) is 0 Å². The van der Waals surface area contributed by atoms with Crippen LogP contribution in [-0.2, 0) is 9.59 Å². The molecular formula is C17H24FN8O2+. The minimum atomic E-state index is -0.519. The Morgan fingerprint density at radius 2 is 2.11 bits per heavy atom. The Hall–Kier alpha value is -3.34. The van der Waals surface area contributed by atoms with Gasteiger partial charge in [0, 0.05) is 51.9 Å². The number of alkyl halides is 1. The first kappa shape index (κ1) is 21.0. The van der Waals surface area contributed by atoms with E-state index in [-0.39, 0.29) is 17.8 Å². The standard InChI is InChI=1S/C17H23FN8O2/c1-20-14(12(10-19)16(28)24(2)3)15(27)21-11-5-7-26-13(9-11)22-17(23-26)25(4)8-6-18/h5,7,9-10,19-20H,6,8H2,1-4H3,(H,21,27)/p+1/b14-12+,19-10?. The van der Waals surface area contributed by atoms with Crippen molar-refractivity contribution < 1.29 is 19.3 Å². The van der Waals surface area contributed by atoms with Crippen molar-refractivity contribution in [1.29, 1.82) is 5.41 Å². The third-order valence-electron chi connectivity index (χ3n) is 3.95. The molecule has 0 aliphatic heterocycles. The first-order chi connectivity index (χ1) is 13.3. The second-order valence-corrected chi connectivity index (χ2v) is 6.15. The Balaban J connectivity index is 2.30. The molecule has 0 saturated carbocycles. The highest BCUT2D eigenvalue weighted by atomic mass is 19.1. The maximum Gasteiger partial charge on any atom is 0.310 e. The largest absolute Gasteiger partial charge is 0.345 e. The van der Waals surface area contributed by atoms with E-state index in [9.17, 15) is 14.0 Å². The molecule has 0 fully saturated rings. The Morgan fingerprint density at radius 1 is 1.39 bits per heavy atom. The second-order valence-electron chi connectivity index (χ2n) is 6.15. The number of quaternary nitrogens is 1. The maximum atomic E-state index is 12.6. The molecule has 0 aliphatic carbocycles. The van der Waals surface area contributed by atoms with Crippen molar-refractivity contribution in [3.05, 3.63) is 29.6 Å². The summed E-state index contributed by atoms with van der Waals surface area (Å²) in [6.45, 7) is -0.343. The smallest absolute Gasteiger partial charge is 0.310 e. The summed E-state index contributed by atoms with van der Waals surface area (Å²) in [5.74, 6) is -0.590. The number of hydrogen-bond acceptors (Lipinski definition) is 6. The predicted octanol–water partition coefficient (Wildman–Crippen LogP) is -0.741. The van der Waals surface area contributed by atoms with E-state index in [2.05, 4.69) is 15.4 Å². The fourth-order valence-corrected chi connectivity index (χ4v) is 2.44. The van der Waals surface area contributed by atoms with Gasteiger partial charge in [0.25, 0.3) is 5.91 Å². The lowest BCUT2D eigenvalue weighted by molar-refractivity contribution is -0.570. The fraction of sp³-hybridized carbons (Fsp3) is 0.353. The molecule has 0 unspecified atom stereocenters. The van der Waals surface area contributed by atoms with Gasteiger partial charge in [-0.2, -0.15) is 4.98 Å². The topological polar surface area (TPSA) is 123 Å². The van der Waals surface area contributed by atoms with E-state index in [1.54, 1.807) is 51.4 Å². The molecule has 150 valence electrons. The van der Waals surface area contributed by atoms with Gasteiger partial charge in [0.2, 0.25) is 11.6 Å². The van der Waals surface area contributed by atoms with Crippen molar-refractivity contribution >= 4 is 35.3 Å². The third-order valence-corrected chi connectivity index (χ3v) is 3.95. The number of rotatable bonds is 8. The zero-order chi connectivity index (χ0) is 20.8. The van der Waals surface area contributed by atoms with Gasteiger partial charge in [-0.1, -0.05) is 0 Å². The van der Waals surface area contributed by atoms with Crippen molar-refractivity contribution in [3.8, 4) is 0 Å². The number of pyridine rings is 1. The molecule has 28 heavy (non-hydrogen) atoms. The van der Waals surface area contributed by atoms with E-state index in [0.717, 1.165) is 6.21 Å². The summed E-state index contributed by atoms with van der Waals surface area (Å²) in [6, 6.07) is 3.24. The summed E-state index contributed by atoms with van der Waals surface area (Å²) in [5.41, 5.74) is 1.01. The molecule has 2 amide bonds. The number of nitrogens with zero attached hydrogens (tertiary/aromatic N) is 5. The van der Waals surface area contributed by atoms with Crippen LogP contribution in [-0.4, -0.2) is 78.9 Å². The minimum Gasteiger partial charge on any atom is -0.345 e. The van der Waals surface area contributed by atoms with E-state index < -0.39 is 18.5 Å². The number of halogens is 1. The molecular weight excluding hydrogens is 367 g/mol. The average molecular weight is 391 g/mol. The summed E-state index contributed by atoms with van der Waals surface area (Å²) in [6.07, 6.45) is 2.48. The van der Waals surface area contributed by atoms with Crippen LogP contribution in [0.3, 0.4) is 0 Å². The minimum absolute atomic E-state index is 0.0105. The van der Waals surface area contributed by atoms with E-state index in [1.165, 1.54) is 14.7 Å². The van der Waals surface area contributed by atoms with Crippen molar-refractivity contribution in [2.45, 2.75) is 0 Å². The predicted molar refractivity (Wildman–Crippen MR) is 103 cm³/mol. The molecule has 2 aromatic heterocycles. The number of carbonyl (C=O) groups is 2. The Labute approximate surface area is 161 Å². The van der Waals surface area contributed by atoms with E-state index in [0.29, 0.717) is 17.3 Å². The van der Waals surface area contributed by atoms with Crippen LogP contribution in [0, 0.1) is 5.41 Å². The van der Waals surface area contributed by atoms with Crippen LogP contribution < -0.4 is 15.5 Å². The number of nitrogens with one attached hydrogen (secondary N) is 2. The van der Waals surface area contributed by atoms with Gasteiger partial charge in [-0.15, -0.1) is 5.10 Å². The molecule has 0 saturated heterocycles. The Kier molecular flexibility index (Phi) is 6.77. The van der Waals surface area contributed by atoms with Gasteiger partial charge in [-0.25, -0.2) is 8.91 Å². The number of likely N-dealkylation sites (N-methyl/N-ethyl adjacent to an activating group) is 2. The lowest BCUT2D eigenvalue weighted by Gasteiger charge is -2.12. The molecule has 10 nitrogen and oxygen atoms in total. The normalized spacial score (nSPS) is 11.8. The summed E-state index contributed by atoms with van der Waals surface area (Å²) in [4.78, 5) is 32.0. The zero-order valence-corrected chi connectivity index (χ0v) is 16.2. The zero-order valence-electron chi connectivity index (χ0n) is 16.2. The summed E-state index contributed by atoms with van der Waals surface area (Å²) < 4.78 is 14.0. The highest BCUT2D eigenvalue weighted by molar-refractivity contribution is 6.18. The van der Waals surface area contributed by atoms with Gasteiger partial charge in [-0.3, -0.25) is 9.59 Å². The molecule has 4 N–H and O–H groups in total. The molecule has 0 radical (unpaired) electrons. The van der Waals surface area contributed by atoms with E-state index in [4.69, 9.17) is 5.41 Å². The summed E-state index contributed by atoms with van der Waals surface area (Å²) in [7, 11) is 6.41. The first-order valence-corrected chi connectivity index (χ1v) is 8.53. The SMILES string of the molecule is C[NH2+]/C(C(=O)Nc1ccn2nc(N(C)CCF)nc2c1)=C(\C=N)C(=O)N(C)C. The molecule has 2 heterocycles. The monoisotopic (exact) mass is 391 g/mol. The van der Waals surface area contributed by atoms with Gasteiger partial charge >= 0.3 is 5.91 Å². The number of carbonyl (C=O) groups excluding carboxylic acids is 2. The molecule has 0 atom stereocenters. The van der Waals surface area contributed by atoms with Crippen LogP contribution in [0.25, 0.3) is 5.65 Å².